The Morgan fingerprint density at radius 3 is 1.85 bits per heavy atom. The van der Waals surface area contributed by atoms with E-state index in [2.05, 4.69) is 114 Å². The summed E-state index contributed by atoms with van der Waals surface area (Å²) in [5.41, 5.74) is 6.26. The van der Waals surface area contributed by atoms with Gasteiger partial charge in [-0.15, -0.1) is 0 Å². The second kappa shape index (κ2) is 10.4. The Morgan fingerprint density at radius 2 is 1.29 bits per heavy atom. The number of aryl methyl sites for hydroxylation is 1. The summed E-state index contributed by atoms with van der Waals surface area (Å²) in [6, 6.07) is 32.6. The lowest BCUT2D eigenvalue weighted by molar-refractivity contribution is 0.0986. The standard InChI is InChI=1S/C30H34N4/c1-23-29(32-30(31-23)27-16-10-5-11-17-27)24(2)34-20-18-33(19-21-34)22-28(25-12-6-3-7-13-25)26-14-8-4-9-15-26/h3-17,24,28H,18-22H2,1-2H3,(H,31,32). The summed E-state index contributed by atoms with van der Waals surface area (Å²) in [7, 11) is 0. The van der Waals surface area contributed by atoms with E-state index in [-0.39, 0.29) is 0 Å². The highest BCUT2D eigenvalue weighted by Gasteiger charge is 2.27. The van der Waals surface area contributed by atoms with Gasteiger partial charge in [0, 0.05) is 49.9 Å². The fourth-order valence-electron chi connectivity index (χ4n) is 5.15. The van der Waals surface area contributed by atoms with Gasteiger partial charge in [0.1, 0.15) is 5.82 Å². The molecule has 4 aromatic rings. The van der Waals surface area contributed by atoms with Crippen molar-refractivity contribution in [2.24, 2.45) is 0 Å². The highest BCUT2D eigenvalue weighted by atomic mass is 15.3. The first-order valence-corrected chi connectivity index (χ1v) is 12.4. The molecule has 0 saturated carbocycles. The number of nitrogens with zero attached hydrogens (tertiary/aromatic N) is 3. The highest BCUT2D eigenvalue weighted by Crippen LogP contribution is 2.29. The quantitative estimate of drug-likeness (QED) is 0.381. The van der Waals surface area contributed by atoms with E-state index in [1.54, 1.807) is 0 Å². The van der Waals surface area contributed by atoms with Crippen molar-refractivity contribution in [2.75, 3.05) is 32.7 Å². The van der Waals surface area contributed by atoms with Crippen LogP contribution in [0.5, 0.6) is 0 Å². The predicted octanol–water partition coefficient (Wildman–Crippen LogP) is 5.90. The van der Waals surface area contributed by atoms with Gasteiger partial charge < -0.3 is 4.98 Å². The number of hydrogen-bond acceptors (Lipinski definition) is 3. The zero-order valence-corrected chi connectivity index (χ0v) is 20.2. The SMILES string of the molecule is Cc1[nH]c(-c2ccccc2)nc1C(C)N1CCN(CC(c2ccccc2)c2ccccc2)CC1. The van der Waals surface area contributed by atoms with Gasteiger partial charge in [0.15, 0.2) is 0 Å². The third kappa shape index (κ3) is 4.98. The average Bonchev–Trinajstić information content (AvgIpc) is 3.30. The Bertz CT molecular complexity index is 1120. The van der Waals surface area contributed by atoms with E-state index in [1.807, 2.05) is 6.07 Å². The lowest BCUT2D eigenvalue weighted by atomic mass is 9.90. The number of nitrogens with one attached hydrogen (secondary N) is 1. The molecule has 1 saturated heterocycles. The minimum Gasteiger partial charge on any atom is -0.342 e. The minimum absolute atomic E-state index is 0.301. The second-order valence-corrected chi connectivity index (χ2v) is 9.35. The summed E-state index contributed by atoms with van der Waals surface area (Å²) in [4.78, 5) is 13.7. The van der Waals surface area contributed by atoms with Gasteiger partial charge in [0.2, 0.25) is 0 Å². The number of benzene rings is 3. The number of H-pyrrole nitrogens is 1. The lowest BCUT2D eigenvalue weighted by Crippen LogP contribution is -2.48. The normalized spacial score (nSPS) is 16.1. The molecule has 1 aliphatic heterocycles. The Hall–Kier alpha value is -3.21. The fourth-order valence-corrected chi connectivity index (χ4v) is 5.15. The van der Waals surface area contributed by atoms with Crippen LogP contribution in [0.1, 0.15) is 41.4 Å². The highest BCUT2D eigenvalue weighted by molar-refractivity contribution is 5.55. The Kier molecular flexibility index (Phi) is 6.89. The maximum absolute atomic E-state index is 4.99. The molecule has 174 valence electrons. The van der Waals surface area contributed by atoms with Crippen LogP contribution >= 0.6 is 0 Å². The van der Waals surface area contributed by atoms with E-state index < -0.39 is 0 Å². The molecule has 34 heavy (non-hydrogen) atoms. The summed E-state index contributed by atoms with van der Waals surface area (Å²) in [6.45, 7) is 9.77. The molecule has 0 amide bonds. The van der Waals surface area contributed by atoms with Crippen molar-refractivity contribution in [1.82, 2.24) is 19.8 Å². The molecule has 0 spiro atoms. The van der Waals surface area contributed by atoms with Gasteiger partial charge in [-0.1, -0.05) is 91.0 Å². The number of aromatic amines is 1. The first-order chi connectivity index (χ1) is 16.7. The predicted molar refractivity (Wildman–Crippen MR) is 140 cm³/mol. The molecule has 0 radical (unpaired) electrons. The van der Waals surface area contributed by atoms with Crippen LogP contribution in [0.3, 0.4) is 0 Å². The van der Waals surface area contributed by atoms with Gasteiger partial charge in [-0.3, -0.25) is 9.80 Å². The van der Waals surface area contributed by atoms with Gasteiger partial charge in [0.05, 0.1) is 11.7 Å². The van der Waals surface area contributed by atoms with Gasteiger partial charge in [-0.2, -0.15) is 0 Å². The molecule has 3 aromatic carbocycles. The van der Waals surface area contributed by atoms with Crippen LogP contribution in [-0.4, -0.2) is 52.5 Å². The van der Waals surface area contributed by atoms with Gasteiger partial charge >= 0.3 is 0 Å². The van der Waals surface area contributed by atoms with Crippen LogP contribution in [0, 0.1) is 6.92 Å². The molecule has 1 aromatic heterocycles. The van der Waals surface area contributed by atoms with E-state index >= 15 is 0 Å². The first kappa shape index (κ1) is 22.6. The first-order valence-electron chi connectivity index (χ1n) is 12.4. The topological polar surface area (TPSA) is 35.2 Å². The molecule has 4 nitrogen and oxygen atoms in total. The number of aromatic nitrogens is 2. The van der Waals surface area contributed by atoms with Crippen molar-refractivity contribution in [3.05, 3.63) is 114 Å². The maximum Gasteiger partial charge on any atom is 0.137 e. The van der Waals surface area contributed by atoms with Crippen LogP contribution in [0.2, 0.25) is 0 Å². The van der Waals surface area contributed by atoms with Crippen molar-refractivity contribution < 1.29 is 0 Å². The Morgan fingerprint density at radius 1 is 0.765 bits per heavy atom. The maximum atomic E-state index is 4.99. The number of imidazole rings is 1. The van der Waals surface area contributed by atoms with Crippen LogP contribution in [0.4, 0.5) is 0 Å². The molecule has 1 aliphatic rings. The average molecular weight is 451 g/mol. The number of rotatable bonds is 7. The third-order valence-corrected chi connectivity index (χ3v) is 7.16. The van der Waals surface area contributed by atoms with Crippen LogP contribution in [-0.2, 0) is 0 Å². The number of hydrogen-bond donors (Lipinski definition) is 1. The van der Waals surface area contributed by atoms with Gasteiger partial charge in [-0.25, -0.2) is 4.98 Å². The van der Waals surface area contributed by atoms with Crippen molar-refractivity contribution in [2.45, 2.75) is 25.8 Å². The third-order valence-electron chi connectivity index (χ3n) is 7.16. The van der Waals surface area contributed by atoms with Crippen molar-refractivity contribution in [1.29, 1.82) is 0 Å². The van der Waals surface area contributed by atoms with Crippen molar-refractivity contribution in [3.8, 4) is 11.4 Å². The van der Waals surface area contributed by atoms with E-state index in [4.69, 9.17) is 4.98 Å². The van der Waals surface area contributed by atoms with E-state index in [0.717, 1.165) is 44.1 Å². The molecule has 5 rings (SSSR count). The smallest absolute Gasteiger partial charge is 0.137 e. The lowest BCUT2D eigenvalue weighted by Gasteiger charge is -2.39. The molecule has 0 aliphatic carbocycles. The molecule has 1 N–H and O–H groups in total. The second-order valence-electron chi connectivity index (χ2n) is 9.35. The molecule has 1 atom stereocenters. The largest absolute Gasteiger partial charge is 0.342 e. The van der Waals surface area contributed by atoms with Gasteiger partial charge in [-0.05, 0) is 25.0 Å². The summed E-state index contributed by atoms with van der Waals surface area (Å²) in [6.07, 6.45) is 0. The summed E-state index contributed by atoms with van der Waals surface area (Å²) in [5.74, 6) is 1.36. The molecule has 1 fully saturated rings. The Labute approximate surface area is 203 Å². The van der Waals surface area contributed by atoms with E-state index in [0.29, 0.717) is 12.0 Å². The summed E-state index contributed by atoms with van der Waals surface area (Å²) < 4.78 is 0. The van der Waals surface area contributed by atoms with Crippen LogP contribution in [0.25, 0.3) is 11.4 Å². The molecular formula is C30H34N4. The molecule has 4 heteroatoms. The zero-order chi connectivity index (χ0) is 23.3. The van der Waals surface area contributed by atoms with Crippen LogP contribution in [0.15, 0.2) is 91.0 Å². The summed E-state index contributed by atoms with van der Waals surface area (Å²) in [5, 5.41) is 0. The monoisotopic (exact) mass is 450 g/mol. The van der Waals surface area contributed by atoms with Gasteiger partial charge in [0.25, 0.3) is 0 Å². The summed E-state index contributed by atoms with van der Waals surface area (Å²) >= 11 is 0. The van der Waals surface area contributed by atoms with Crippen molar-refractivity contribution in [3.63, 3.8) is 0 Å². The zero-order valence-electron chi connectivity index (χ0n) is 20.2. The number of piperazine rings is 1. The van der Waals surface area contributed by atoms with E-state index in [9.17, 15) is 0 Å². The van der Waals surface area contributed by atoms with E-state index in [1.165, 1.54) is 22.5 Å². The fraction of sp³-hybridized carbons (Fsp3) is 0.300. The van der Waals surface area contributed by atoms with Crippen LogP contribution < -0.4 is 0 Å². The molecule has 1 unspecified atom stereocenters. The van der Waals surface area contributed by atoms with Crippen molar-refractivity contribution >= 4 is 0 Å². The minimum atomic E-state index is 0.301. The Balaban J connectivity index is 1.25. The molecular weight excluding hydrogens is 416 g/mol. The molecule has 2 heterocycles. The molecule has 0 bridgehead atoms.